The molecule has 1 aliphatic rings. The highest BCUT2D eigenvalue weighted by molar-refractivity contribution is 6.23. The molecule has 0 fully saturated rings. The van der Waals surface area contributed by atoms with Gasteiger partial charge in [-0.25, -0.2) is 0 Å². The number of rotatable bonds is 4. The van der Waals surface area contributed by atoms with Gasteiger partial charge in [0.05, 0.1) is 16.9 Å². The first-order chi connectivity index (χ1) is 10.3. The quantitative estimate of drug-likeness (QED) is 0.590. The van der Waals surface area contributed by atoms with Crippen molar-refractivity contribution < 1.29 is 9.90 Å². The molecule has 0 bridgehead atoms. The summed E-state index contributed by atoms with van der Waals surface area (Å²) >= 11 is 0. The van der Waals surface area contributed by atoms with Crippen LogP contribution < -0.4 is 10.7 Å². The number of nitrogens with one attached hydrogen (secondary N) is 2. The predicted molar refractivity (Wildman–Crippen MR) is 89.1 cm³/mol. The third kappa shape index (κ3) is 2.84. The summed E-state index contributed by atoms with van der Waals surface area (Å²) in [6.45, 7) is 9.46. The van der Waals surface area contributed by atoms with Crippen LogP contribution in [0.3, 0.4) is 0 Å². The van der Waals surface area contributed by atoms with E-state index >= 15 is 0 Å². The van der Waals surface area contributed by atoms with E-state index in [4.69, 9.17) is 0 Å². The van der Waals surface area contributed by atoms with E-state index in [0.717, 1.165) is 11.3 Å². The number of aliphatic hydroxyl groups is 1. The van der Waals surface area contributed by atoms with Gasteiger partial charge in [-0.3, -0.25) is 10.2 Å². The molecule has 0 radical (unpaired) electrons. The van der Waals surface area contributed by atoms with Crippen molar-refractivity contribution in [3.63, 3.8) is 0 Å². The number of anilines is 1. The van der Waals surface area contributed by atoms with Gasteiger partial charge in [-0.15, -0.1) is 0 Å². The maximum absolute atomic E-state index is 12.1. The van der Waals surface area contributed by atoms with Crippen LogP contribution in [0.1, 0.15) is 38.3 Å². The molecule has 5 nitrogen and oxygen atoms in total. The lowest BCUT2D eigenvalue weighted by molar-refractivity contribution is -0.117. The van der Waals surface area contributed by atoms with Crippen molar-refractivity contribution in [1.82, 2.24) is 5.32 Å². The molecule has 118 valence electrons. The average molecular weight is 301 g/mol. The maximum Gasteiger partial charge on any atom is 0.257 e. The number of benzene rings is 1. The molecule has 1 aromatic rings. The van der Waals surface area contributed by atoms with Gasteiger partial charge in [0.1, 0.15) is 11.3 Å². The number of carbonyl (C=O) groups excluding carboxylic acids is 1. The Bertz CT molecular complexity index is 676. The Morgan fingerprint density at radius 3 is 2.64 bits per heavy atom. The highest BCUT2D eigenvalue weighted by Crippen LogP contribution is 2.28. The molecule has 1 atom stereocenters. The molecule has 22 heavy (non-hydrogen) atoms. The number of nitrogens with zero attached hydrogens (tertiary/aromatic N) is 1. The second kappa shape index (κ2) is 5.83. The van der Waals surface area contributed by atoms with Gasteiger partial charge < -0.3 is 10.4 Å². The molecule has 0 aromatic heterocycles. The first-order valence-electron chi connectivity index (χ1n) is 7.42. The fourth-order valence-corrected chi connectivity index (χ4v) is 2.49. The monoisotopic (exact) mass is 301 g/mol. The molecule has 1 unspecified atom stereocenters. The van der Waals surface area contributed by atoms with Gasteiger partial charge in [0.2, 0.25) is 0 Å². The Hall–Kier alpha value is -2.30. The predicted octanol–water partition coefficient (Wildman–Crippen LogP) is 3.20. The van der Waals surface area contributed by atoms with Gasteiger partial charge in [0.15, 0.2) is 0 Å². The van der Waals surface area contributed by atoms with Crippen LogP contribution in [0.15, 0.2) is 34.6 Å². The van der Waals surface area contributed by atoms with E-state index < -0.39 is 5.54 Å². The number of aryl methyl sites for hydroxylation is 2. The fourth-order valence-electron chi connectivity index (χ4n) is 2.49. The topological polar surface area (TPSA) is 73.7 Å². The van der Waals surface area contributed by atoms with E-state index in [9.17, 15) is 9.90 Å². The molecule has 1 amide bonds. The summed E-state index contributed by atoms with van der Waals surface area (Å²) in [6, 6.07) is 5.99. The summed E-state index contributed by atoms with van der Waals surface area (Å²) < 4.78 is 0. The van der Waals surface area contributed by atoms with Crippen LogP contribution in [-0.2, 0) is 4.79 Å². The van der Waals surface area contributed by atoms with E-state index in [1.54, 1.807) is 13.8 Å². The maximum atomic E-state index is 12.1. The Morgan fingerprint density at radius 1 is 1.41 bits per heavy atom. The number of amides is 1. The summed E-state index contributed by atoms with van der Waals surface area (Å²) in [4.78, 5) is 12.1. The molecule has 1 heterocycles. The molecule has 5 heteroatoms. The van der Waals surface area contributed by atoms with Crippen molar-refractivity contribution >= 4 is 17.3 Å². The van der Waals surface area contributed by atoms with Crippen LogP contribution in [0.5, 0.6) is 0 Å². The summed E-state index contributed by atoms with van der Waals surface area (Å²) in [5.41, 5.74) is 6.11. The molecule has 2 rings (SSSR count). The zero-order valence-electron chi connectivity index (χ0n) is 13.7. The zero-order chi connectivity index (χ0) is 16.5. The lowest BCUT2D eigenvalue weighted by atomic mass is 9.96. The first-order valence-corrected chi connectivity index (χ1v) is 7.42. The van der Waals surface area contributed by atoms with Crippen LogP contribution >= 0.6 is 0 Å². The Morgan fingerprint density at radius 2 is 2.09 bits per heavy atom. The Labute approximate surface area is 131 Å². The van der Waals surface area contributed by atoms with Crippen molar-refractivity contribution in [1.29, 1.82) is 0 Å². The third-order valence-corrected chi connectivity index (χ3v) is 4.17. The summed E-state index contributed by atoms with van der Waals surface area (Å²) in [5.74, 6) is -0.228. The molecule has 1 aliphatic heterocycles. The zero-order valence-corrected chi connectivity index (χ0v) is 13.7. The SMILES string of the molecule is CCC1(C)NC(=O)C(C(C)=NNc2ccc(C)cc2C)=C1O. The number of hydrazone groups is 1. The average Bonchev–Trinajstić information content (AvgIpc) is 2.68. The minimum absolute atomic E-state index is 0.0590. The normalized spacial score (nSPS) is 22.0. The van der Waals surface area contributed by atoms with Gasteiger partial charge in [-0.05, 0) is 45.7 Å². The molecule has 0 saturated heterocycles. The summed E-state index contributed by atoms with van der Waals surface area (Å²) in [7, 11) is 0. The lowest BCUT2D eigenvalue weighted by Gasteiger charge is -2.22. The second-order valence-electron chi connectivity index (χ2n) is 5.99. The first kappa shape index (κ1) is 16.1. The standard InChI is InChI=1S/C17H23N3O2/c1-6-17(5)15(21)14(16(22)18-17)12(4)19-20-13-8-7-10(2)9-11(13)3/h7-9,20-21H,6H2,1-5H3,(H,18,22). The molecular formula is C17H23N3O2. The van der Waals surface area contributed by atoms with Gasteiger partial charge in [-0.2, -0.15) is 5.10 Å². The second-order valence-corrected chi connectivity index (χ2v) is 5.99. The van der Waals surface area contributed by atoms with Crippen molar-refractivity contribution in [2.75, 3.05) is 5.43 Å². The van der Waals surface area contributed by atoms with Crippen LogP contribution in [0.4, 0.5) is 5.69 Å². The van der Waals surface area contributed by atoms with Crippen molar-refractivity contribution in [3.05, 3.63) is 40.7 Å². The molecule has 0 spiro atoms. The fraction of sp³-hybridized carbons (Fsp3) is 0.412. The van der Waals surface area contributed by atoms with Crippen molar-refractivity contribution in [2.24, 2.45) is 5.10 Å². The molecule has 0 aliphatic carbocycles. The third-order valence-electron chi connectivity index (χ3n) is 4.17. The minimum atomic E-state index is -0.705. The van der Waals surface area contributed by atoms with Gasteiger partial charge in [-0.1, -0.05) is 24.6 Å². The summed E-state index contributed by atoms with van der Waals surface area (Å²) in [5, 5.41) is 17.4. The van der Waals surface area contributed by atoms with Crippen LogP contribution in [0.2, 0.25) is 0 Å². The van der Waals surface area contributed by atoms with E-state index in [2.05, 4.69) is 21.9 Å². The van der Waals surface area contributed by atoms with E-state index in [0.29, 0.717) is 12.1 Å². The molecule has 3 N–H and O–H groups in total. The Kier molecular flexibility index (Phi) is 4.26. The minimum Gasteiger partial charge on any atom is -0.509 e. The molecule has 1 aromatic carbocycles. The van der Waals surface area contributed by atoms with E-state index in [-0.39, 0.29) is 17.2 Å². The van der Waals surface area contributed by atoms with Crippen LogP contribution in [-0.4, -0.2) is 22.3 Å². The van der Waals surface area contributed by atoms with Crippen molar-refractivity contribution in [3.8, 4) is 0 Å². The van der Waals surface area contributed by atoms with Gasteiger partial charge >= 0.3 is 0 Å². The largest absolute Gasteiger partial charge is 0.509 e. The summed E-state index contributed by atoms with van der Waals surface area (Å²) in [6.07, 6.45) is 0.617. The van der Waals surface area contributed by atoms with Crippen LogP contribution in [0.25, 0.3) is 0 Å². The smallest absolute Gasteiger partial charge is 0.257 e. The Balaban J connectivity index is 2.27. The molecule has 0 saturated carbocycles. The molecular weight excluding hydrogens is 278 g/mol. The van der Waals surface area contributed by atoms with Crippen molar-refractivity contribution in [2.45, 2.75) is 46.6 Å². The number of hydrogen-bond acceptors (Lipinski definition) is 4. The van der Waals surface area contributed by atoms with Gasteiger partial charge in [0.25, 0.3) is 5.91 Å². The number of hydrogen-bond donors (Lipinski definition) is 3. The lowest BCUT2D eigenvalue weighted by Crippen LogP contribution is -2.40. The number of carbonyl (C=O) groups is 1. The number of aliphatic hydroxyl groups excluding tert-OH is 1. The van der Waals surface area contributed by atoms with Gasteiger partial charge in [0, 0.05) is 0 Å². The highest BCUT2D eigenvalue weighted by Gasteiger charge is 2.41. The van der Waals surface area contributed by atoms with Crippen LogP contribution in [0, 0.1) is 13.8 Å². The van der Waals surface area contributed by atoms with E-state index in [1.807, 2.05) is 32.9 Å². The highest BCUT2D eigenvalue weighted by atomic mass is 16.3. The van der Waals surface area contributed by atoms with E-state index in [1.165, 1.54) is 5.56 Å².